The van der Waals surface area contributed by atoms with Crippen molar-refractivity contribution in [2.75, 3.05) is 7.11 Å². The summed E-state index contributed by atoms with van der Waals surface area (Å²) in [5.74, 6) is 0.625. The van der Waals surface area contributed by atoms with Gasteiger partial charge in [0.1, 0.15) is 5.75 Å². The molecule has 0 spiro atoms. The lowest BCUT2D eigenvalue weighted by Crippen LogP contribution is -2.23. The van der Waals surface area contributed by atoms with Crippen molar-refractivity contribution in [1.29, 1.82) is 0 Å². The highest BCUT2D eigenvalue weighted by molar-refractivity contribution is 14.1. The van der Waals surface area contributed by atoms with Gasteiger partial charge in [-0.05, 0) is 58.5 Å². The Morgan fingerprint density at radius 2 is 1.91 bits per heavy atom. The highest BCUT2D eigenvalue weighted by Gasteiger charge is 2.16. The second-order valence-electron chi connectivity index (χ2n) is 4.36. The Bertz CT molecular complexity index is 797. The number of nitrogens with one attached hydrogen (secondary N) is 1. The Morgan fingerprint density at radius 1 is 1.18 bits per heavy atom. The summed E-state index contributed by atoms with van der Waals surface area (Å²) in [4.78, 5) is 0.169. The lowest BCUT2D eigenvalue weighted by Gasteiger charge is -2.10. The van der Waals surface area contributed by atoms with Crippen LogP contribution in [0.15, 0.2) is 41.3 Å². The molecule has 0 saturated carbocycles. The van der Waals surface area contributed by atoms with Gasteiger partial charge in [-0.2, -0.15) is 0 Å². The van der Waals surface area contributed by atoms with Gasteiger partial charge >= 0.3 is 0 Å². The molecular formula is C14H12Cl2INO3S. The number of ether oxygens (including phenoxy) is 1. The molecule has 8 heteroatoms. The highest BCUT2D eigenvalue weighted by Crippen LogP contribution is 2.25. The van der Waals surface area contributed by atoms with Crippen LogP contribution in [-0.2, 0) is 16.6 Å². The zero-order chi connectivity index (χ0) is 16.3. The van der Waals surface area contributed by atoms with Gasteiger partial charge in [0.15, 0.2) is 0 Å². The standard InChI is InChI=1S/C14H12Cl2INO3S/c1-21-14-5-4-11(7-13(14)17)22(19,20)18-8-9-2-3-10(15)6-12(9)16/h2-7,18H,8H2,1H3. The van der Waals surface area contributed by atoms with E-state index in [0.717, 1.165) is 0 Å². The quantitative estimate of drug-likeness (QED) is 0.668. The molecule has 0 aromatic heterocycles. The molecule has 0 radical (unpaired) electrons. The van der Waals surface area contributed by atoms with E-state index in [1.54, 1.807) is 30.3 Å². The first kappa shape index (κ1) is 17.8. The Labute approximate surface area is 153 Å². The number of halogens is 3. The van der Waals surface area contributed by atoms with Crippen LogP contribution < -0.4 is 9.46 Å². The molecule has 118 valence electrons. The average Bonchev–Trinajstić information content (AvgIpc) is 2.46. The maximum Gasteiger partial charge on any atom is 0.240 e. The zero-order valence-corrected chi connectivity index (χ0v) is 15.9. The van der Waals surface area contributed by atoms with Crippen LogP contribution in [0, 0.1) is 3.57 Å². The highest BCUT2D eigenvalue weighted by atomic mass is 127. The van der Waals surface area contributed by atoms with Crippen molar-refractivity contribution < 1.29 is 13.2 Å². The molecule has 0 bridgehead atoms. The van der Waals surface area contributed by atoms with Crippen molar-refractivity contribution >= 4 is 55.8 Å². The molecule has 1 N–H and O–H groups in total. The van der Waals surface area contributed by atoms with E-state index < -0.39 is 10.0 Å². The Hall–Kier alpha value is -0.540. The molecule has 0 unspecified atom stereocenters. The molecule has 0 amide bonds. The minimum Gasteiger partial charge on any atom is -0.496 e. The molecule has 0 aliphatic heterocycles. The summed E-state index contributed by atoms with van der Waals surface area (Å²) in [6.45, 7) is 0.0843. The fourth-order valence-electron chi connectivity index (χ4n) is 1.74. The first-order chi connectivity index (χ1) is 10.3. The third-order valence-corrected chi connectivity index (χ3v) is 5.73. The fraction of sp³-hybridized carbons (Fsp3) is 0.143. The lowest BCUT2D eigenvalue weighted by molar-refractivity contribution is 0.411. The van der Waals surface area contributed by atoms with Crippen molar-refractivity contribution in [2.45, 2.75) is 11.4 Å². The smallest absolute Gasteiger partial charge is 0.240 e. The second kappa shape index (κ2) is 7.35. The van der Waals surface area contributed by atoms with E-state index in [0.29, 0.717) is 24.9 Å². The van der Waals surface area contributed by atoms with E-state index in [4.69, 9.17) is 27.9 Å². The van der Waals surface area contributed by atoms with Crippen LogP contribution >= 0.6 is 45.8 Å². The van der Waals surface area contributed by atoms with Crippen LogP contribution in [0.2, 0.25) is 10.0 Å². The topological polar surface area (TPSA) is 55.4 Å². The summed E-state index contributed by atoms with van der Waals surface area (Å²) in [5.41, 5.74) is 0.651. The van der Waals surface area contributed by atoms with E-state index in [-0.39, 0.29) is 11.4 Å². The SMILES string of the molecule is COc1ccc(S(=O)(=O)NCc2ccc(Cl)cc2Cl)cc1I. The van der Waals surface area contributed by atoms with E-state index in [1.807, 2.05) is 22.6 Å². The first-order valence-corrected chi connectivity index (χ1v) is 9.42. The molecule has 22 heavy (non-hydrogen) atoms. The van der Waals surface area contributed by atoms with Crippen LogP contribution in [0.25, 0.3) is 0 Å². The monoisotopic (exact) mass is 471 g/mol. The summed E-state index contributed by atoms with van der Waals surface area (Å²) < 4.78 is 33.0. The van der Waals surface area contributed by atoms with Crippen LogP contribution in [0.3, 0.4) is 0 Å². The van der Waals surface area contributed by atoms with E-state index >= 15 is 0 Å². The van der Waals surface area contributed by atoms with Crippen molar-refractivity contribution in [3.63, 3.8) is 0 Å². The normalized spacial score (nSPS) is 11.5. The molecule has 0 saturated heterocycles. The van der Waals surface area contributed by atoms with Gasteiger partial charge in [-0.3, -0.25) is 0 Å². The van der Waals surface area contributed by atoms with Crippen LogP contribution in [-0.4, -0.2) is 15.5 Å². The van der Waals surface area contributed by atoms with Gasteiger partial charge in [-0.1, -0.05) is 29.3 Å². The summed E-state index contributed by atoms with van der Waals surface area (Å²) >= 11 is 13.9. The second-order valence-corrected chi connectivity index (χ2v) is 8.13. The molecule has 0 aliphatic carbocycles. The molecule has 0 aliphatic rings. The molecular weight excluding hydrogens is 460 g/mol. The van der Waals surface area contributed by atoms with Crippen molar-refractivity contribution in [3.05, 3.63) is 55.6 Å². The van der Waals surface area contributed by atoms with Crippen molar-refractivity contribution in [2.24, 2.45) is 0 Å². The number of hydrogen-bond donors (Lipinski definition) is 1. The Balaban J connectivity index is 2.19. The maximum atomic E-state index is 12.3. The van der Waals surface area contributed by atoms with Crippen LogP contribution in [0.5, 0.6) is 5.75 Å². The third kappa shape index (κ3) is 4.26. The maximum absolute atomic E-state index is 12.3. The zero-order valence-electron chi connectivity index (χ0n) is 11.4. The molecule has 2 rings (SSSR count). The molecule has 0 heterocycles. The molecule has 2 aromatic rings. The number of methoxy groups -OCH3 is 1. The number of benzene rings is 2. The number of rotatable bonds is 5. The van der Waals surface area contributed by atoms with E-state index in [9.17, 15) is 8.42 Å². The van der Waals surface area contributed by atoms with Crippen LogP contribution in [0.4, 0.5) is 0 Å². The minimum atomic E-state index is -3.63. The first-order valence-electron chi connectivity index (χ1n) is 6.10. The van der Waals surface area contributed by atoms with Crippen molar-refractivity contribution in [3.8, 4) is 5.75 Å². The summed E-state index contributed by atoms with van der Waals surface area (Å²) in [6.07, 6.45) is 0. The molecule has 4 nitrogen and oxygen atoms in total. The van der Waals surface area contributed by atoms with Crippen molar-refractivity contribution in [1.82, 2.24) is 4.72 Å². The fourth-order valence-corrected chi connectivity index (χ4v) is 4.19. The predicted molar refractivity (Wildman–Crippen MR) is 96.2 cm³/mol. The summed E-state index contributed by atoms with van der Waals surface area (Å²) in [7, 11) is -2.10. The molecule has 2 aromatic carbocycles. The van der Waals surface area contributed by atoms with E-state index in [1.165, 1.54) is 13.2 Å². The van der Waals surface area contributed by atoms with Gasteiger partial charge in [0, 0.05) is 16.6 Å². The number of hydrogen-bond acceptors (Lipinski definition) is 3. The van der Waals surface area contributed by atoms with E-state index in [2.05, 4.69) is 4.72 Å². The Kier molecular flexibility index (Phi) is 5.95. The number of sulfonamides is 1. The third-order valence-electron chi connectivity index (χ3n) is 2.90. The summed E-state index contributed by atoms with van der Waals surface area (Å²) in [6, 6.07) is 9.57. The largest absolute Gasteiger partial charge is 0.496 e. The lowest BCUT2D eigenvalue weighted by atomic mass is 10.2. The molecule has 0 fully saturated rings. The molecule has 0 atom stereocenters. The van der Waals surface area contributed by atoms with Gasteiger partial charge in [-0.15, -0.1) is 0 Å². The van der Waals surface area contributed by atoms with Gasteiger partial charge in [0.05, 0.1) is 15.6 Å². The van der Waals surface area contributed by atoms with Gasteiger partial charge < -0.3 is 4.74 Å². The van der Waals surface area contributed by atoms with Gasteiger partial charge in [-0.25, -0.2) is 13.1 Å². The Morgan fingerprint density at radius 3 is 2.50 bits per heavy atom. The summed E-state index contributed by atoms with van der Waals surface area (Å²) in [5, 5.41) is 0.917. The predicted octanol–water partition coefficient (Wildman–Crippen LogP) is 4.09. The van der Waals surface area contributed by atoms with Crippen LogP contribution in [0.1, 0.15) is 5.56 Å². The average molecular weight is 472 g/mol. The minimum absolute atomic E-state index is 0.0843. The van der Waals surface area contributed by atoms with Gasteiger partial charge in [0.2, 0.25) is 10.0 Å². The van der Waals surface area contributed by atoms with Gasteiger partial charge in [0.25, 0.3) is 0 Å².